The van der Waals surface area contributed by atoms with Crippen LogP contribution in [0, 0.1) is 0 Å². The van der Waals surface area contributed by atoms with E-state index in [2.05, 4.69) is 33.1 Å². The molecular formula is C15H25BrCl2N2O2. The van der Waals surface area contributed by atoms with Crippen molar-refractivity contribution in [1.82, 2.24) is 10.2 Å². The van der Waals surface area contributed by atoms with Crippen molar-refractivity contribution in [3.63, 3.8) is 0 Å². The molecule has 0 aromatic heterocycles. The summed E-state index contributed by atoms with van der Waals surface area (Å²) < 4.78 is 5.97. The molecule has 2 rings (SSSR count). The molecule has 1 atom stereocenters. The van der Waals surface area contributed by atoms with Gasteiger partial charge in [-0.2, -0.15) is 0 Å². The SMILES string of the molecule is CCC[C@H](c1cc(Br)c(O)c(OC)c1)N1CCNCC1.Cl.Cl. The summed E-state index contributed by atoms with van der Waals surface area (Å²) in [7, 11) is 1.59. The smallest absolute Gasteiger partial charge is 0.172 e. The molecule has 7 heteroatoms. The van der Waals surface area contributed by atoms with Gasteiger partial charge in [0.15, 0.2) is 11.5 Å². The van der Waals surface area contributed by atoms with Gasteiger partial charge in [0, 0.05) is 32.2 Å². The van der Waals surface area contributed by atoms with Crippen LogP contribution in [0.5, 0.6) is 11.5 Å². The van der Waals surface area contributed by atoms with Gasteiger partial charge in [-0.25, -0.2) is 0 Å². The fourth-order valence-corrected chi connectivity index (χ4v) is 3.23. The van der Waals surface area contributed by atoms with E-state index in [1.165, 1.54) is 5.56 Å². The van der Waals surface area contributed by atoms with Crippen LogP contribution in [-0.2, 0) is 0 Å². The number of nitrogens with one attached hydrogen (secondary N) is 1. The second kappa shape index (κ2) is 10.6. The summed E-state index contributed by atoms with van der Waals surface area (Å²) >= 11 is 3.42. The normalized spacial score (nSPS) is 16.3. The van der Waals surface area contributed by atoms with Gasteiger partial charge in [-0.1, -0.05) is 13.3 Å². The third-order valence-corrected chi connectivity index (χ3v) is 4.41. The molecule has 0 radical (unpaired) electrons. The number of ether oxygens (including phenoxy) is 1. The maximum absolute atomic E-state index is 9.95. The zero-order chi connectivity index (χ0) is 14.5. The van der Waals surface area contributed by atoms with Crippen LogP contribution in [-0.4, -0.2) is 43.3 Å². The Balaban J connectivity index is 0.00000220. The molecule has 0 amide bonds. The molecule has 0 saturated carbocycles. The summed E-state index contributed by atoms with van der Waals surface area (Å²) in [6, 6.07) is 4.36. The Labute approximate surface area is 153 Å². The van der Waals surface area contributed by atoms with Crippen LogP contribution in [0.15, 0.2) is 16.6 Å². The third kappa shape index (κ3) is 5.17. The van der Waals surface area contributed by atoms with Gasteiger partial charge in [0.25, 0.3) is 0 Å². The Morgan fingerprint density at radius 1 is 1.32 bits per heavy atom. The van der Waals surface area contributed by atoms with Gasteiger partial charge >= 0.3 is 0 Å². The number of phenols is 1. The van der Waals surface area contributed by atoms with Gasteiger partial charge in [0.05, 0.1) is 11.6 Å². The first kappa shape index (κ1) is 21.8. The number of hydrogen-bond donors (Lipinski definition) is 2. The standard InChI is InChI=1S/C15H23BrN2O2.2ClH/c1-3-4-13(18-7-5-17-6-8-18)11-9-12(16)15(19)14(10-11)20-2;;/h9-10,13,17,19H,3-8H2,1-2H3;2*1H/t13-;;/m1../s1. The molecule has 1 aliphatic rings. The van der Waals surface area contributed by atoms with Gasteiger partial charge in [-0.15, -0.1) is 24.8 Å². The molecule has 0 bridgehead atoms. The molecular weight excluding hydrogens is 391 g/mol. The van der Waals surface area contributed by atoms with Gasteiger partial charge in [0.1, 0.15) is 0 Å². The van der Waals surface area contributed by atoms with E-state index < -0.39 is 0 Å². The number of benzene rings is 1. The van der Waals surface area contributed by atoms with Gasteiger partial charge < -0.3 is 15.2 Å². The van der Waals surface area contributed by atoms with E-state index in [0.717, 1.165) is 39.0 Å². The fourth-order valence-electron chi connectivity index (χ4n) is 2.77. The minimum atomic E-state index is 0. The van der Waals surface area contributed by atoms with Crippen molar-refractivity contribution >= 4 is 40.7 Å². The number of aromatic hydroxyl groups is 1. The molecule has 1 aromatic carbocycles. The molecule has 128 valence electrons. The van der Waals surface area contributed by atoms with E-state index in [-0.39, 0.29) is 30.6 Å². The highest BCUT2D eigenvalue weighted by molar-refractivity contribution is 9.10. The van der Waals surface area contributed by atoms with Crippen molar-refractivity contribution in [3.8, 4) is 11.5 Å². The molecule has 0 aliphatic carbocycles. The summed E-state index contributed by atoms with van der Waals surface area (Å²) in [6.07, 6.45) is 2.25. The highest BCUT2D eigenvalue weighted by atomic mass is 79.9. The monoisotopic (exact) mass is 414 g/mol. The quantitative estimate of drug-likeness (QED) is 0.768. The highest BCUT2D eigenvalue weighted by Crippen LogP contribution is 2.39. The van der Waals surface area contributed by atoms with Crippen LogP contribution < -0.4 is 10.1 Å². The van der Waals surface area contributed by atoms with Gasteiger partial charge in [-0.05, 0) is 40.0 Å². The second-order valence-corrected chi connectivity index (χ2v) is 6.00. The number of methoxy groups -OCH3 is 1. The van der Waals surface area contributed by atoms with E-state index in [4.69, 9.17) is 4.74 Å². The first-order chi connectivity index (χ1) is 9.67. The van der Waals surface area contributed by atoms with E-state index >= 15 is 0 Å². The molecule has 1 fully saturated rings. The first-order valence-corrected chi connectivity index (χ1v) is 7.97. The lowest BCUT2D eigenvalue weighted by atomic mass is 9.99. The molecule has 4 nitrogen and oxygen atoms in total. The van der Waals surface area contributed by atoms with Crippen molar-refractivity contribution in [2.75, 3.05) is 33.3 Å². The van der Waals surface area contributed by atoms with Crippen molar-refractivity contribution < 1.29 is 9.84 Å². The van der Waals surface area contributed by atoms with Crippen molar-refractivity contribution in [1.29, 1.82) is 0 Å². The van der Waals surface area contributed by atoms with Crippen molar-refractivity contribution in [3.05, 3.63) is 22.2 Å². The van der Waals surface area contributed by atoms with Crippen LogP contribution in [0.1, 0.15) is 31.4 Å². The minimum absolute atomic E-state index is 0. The van der Waals surface area contributed by atoms with Crippen LogP contribution in [0.3, 0.4) is 0 Å². The predicted molar refractivity (Wildman–Crippen MR) is 98.9 cm³/mol. The maximum atomic E-state index is 9.95. The topological polar surface area (TPSA) is 44.7 Å². The summed E-state index contributed by atoms with van der Waals surface area (Å²) in [5.41, 5.74) is 1.20. The first-order valence-electron chi connectivity index (χ1n) is 7.18. The summed E-state index contributed by atoms with van der Waals surface area (Å²) in [6.45, 7) is 6.41. The van der Waals surface area contributed by atoms with E-state index in [1.807, 2.05) is 12.1 Å². The third-order valence-electron chi connectivity index (χ3n) is 3.81. The number of piperazine rings is 1. The average Bonchev–Trinajstić information content (AvgIpc) is 2.48. The fraction of sp³-hybridized carbons (Fsp3) is 0.600. The van der Waals surface area contributed by atoms with Crippen molar-refractivity contribution in [2.45, 2.75) is 25.8 Å². The second-order valence-electron chi connectivity index (χ2n) is 5.14. The number of hydrogen-bond acceptors (Lipinski definition) is 4. The molecule has 1 saturated heterocycles. The van der Waals surface area contributed by atoms with Crippen molar-refractivity contribution in [2.24, 2.45) is 0 Å². The van der Waals surface area contributed by atoms with E-state index in [1.54, 1.807) is 7.11 Å². The van der Waals surface area contributed by atoms with Crippen LogP contribution >= 0.6 is 40.7 Å². The minimum Gasteiger partial charge on any atom is -0.503 e. The Kier molecular flexibility index (Phi) is 10.5. The zero-order valence-corrected chi connectivity index (χ0v) is 16.2. The molecule has 1 aliphatic heterocycles. The summed E-state index contributed by atoms with van der Waals surface area (Å²) in [4.78, 5) is 2.51. The summed E-state index contributed by atoms with van der Waals surface area (Å²) in [5, 5.41) is 13.3. The average molecular weight is 416 g/mol. The molecule has 1 aromatic rings. The van der Waals surface area contributed by atoms with Crippen LogP contribution in [0.2, 0.25) is 0 Å². The largest absolute Gasteiger partial charge is 0.503 e. The van der Waals surface area contributed by atoms with Crippen LogP contribution in [0.25, 0.3) is 0 Å². The Bertz CT molecular complexity index is 457. The molecule has 0 spiro atoms. The highest BCUT2D eigenvalue weighted by Gasteiger charge is 2.23. The van der Waals surface area contributed by atoms with Gasteiger partial charge in [0.2, 0.25) is 0 Å². The maximum Gasteiger partial charge on any atom is 0.172 e. The zero-order valence-electron chi connectivity index (χ0n) is 13.0. The lowest BCUT2D eigenvalue weighted by Crippen LogP contribution is -2.45. The van der Waals surface area contributed by atoms with E-state index in [9.17, 15) is 5.11 Å². The number of halogens is 3. The Hall–Kier alpha value is -0.200. The van der Waals surface area contributed by atoms with E-state index in [0.29, 0.717) is 16.3 Å². The Morgan fingerprint density at radius 2 is 1.95 bits per heavy atom. The number of nitrogens with zero attached hydrogens (tertiary/aromatic N) is 1. The van der Waals surface area contributed by atoms with Gasteiger partial charge in [-0.3, -0.25) is 4.90 Å². The number of rotatable bonds is 5. The molecule has 1 heterocycles. The Morgan fingerprint density at radius 3 is 2.50 bits per heavy atom. The molecule has 0 unspecified atom stereocenters. The molecule has 22 heavy (non-hydrogen) atoms. The lowest BCUT2D eigenvalue weighted by molar-refractivity contribution is 0.164. The predicted octanol–water partition coefficient (Wildman–Crippen LogP) is 3.75. The molecule has 2 N–H and O–H groups in total. The van der Waals surface area contributed by atoms with Crippen LogP contribution in [0.4, 0.5) is 0 Å². The lowest BCUT2D eigenvalue weighted by Gasteiger charge is -2.35. The number of phenolic OH excluding ortho intramolecular Hbond substituents is 1. The summed E-state index contributed by atoms with van der Waals surface area (Å²) in [5.74, 6) is 0.706.